The summed E-state index contributed by atoms with van der Waals surface area (Å²) in [5, 5.41) is 0. The smallest absolute Gasteiger partial charge is 0.254 e. The Morgan fingerprint density at radius 1 is 1.37 bits per heavy atom. The lowest BCUT2D eigenvalue weighted by atomic mass is 10.1. The summed E-state index contributed by atoms with van der Waals surface area (Å²) in [6.45, 7) is 6.21. The lowest BCUT2D eigenvalue weighted by molar-refractivity contribution is 0.0727. The predicted molar refractivity (Wildman–Crippen MR) is 77.0 cm³/mol. The Morgan fingerprint density at radius 2 is 2.00 bits per heavy atom. The fourth-order valence-electron chi connectivity index (χ4n) is 2.28. The highest BCUT2D eigenvalue weighted by Gasteiger charge is 2.32. The van der Waals surface area contributed by atoms with E-state index in [1.807, 2.05) is 31.9 Å². The van der Waals surface area contributed by atoms with Crippen molar-refractivity contribution in [3.05, 3.63) is 23.4 Å². The van der Waals surface area contributed by atoms with E-state index in [9.17, 15) is 4.79 Å². The zero-order valence-electron chi connectivity index (χ0n) is 12.2. The summed E-state index contributed by atoms with van der Waals surface area (Å²) >= 11 is 0. The Labute approximate surface area is 115 Å². The number of rotatable bonds is 4. The van der Waals surface area contributed by atoms with Gasteiger partial charge in [0.25, 0.3) is 5.91 Å². The molecule has 1 amide bonds. The molecule has 19 heavy (non-hydrogen) atoms. The molecule has 1 heterocycles. The van der Waals surface area contributed by atoms with Crippen LogP contribution in [0.1, 0.15) is 55.6 Å². The van der Waals surface area contributed by atoms with Crippen LogP contribution < -0.4 is 5.73 Å². The van der Waals surface area contributed by atoms with Crippen LogP contribution >= 0.6 is 0 Å². The Morgan fingerprint density at radius 3 is 2.53 bits per heavy atom. The van der Waals surface area contributed by atoms with Crippen molar-refractivity contribution in [2.24, 2.45) is 5.92 Å². The van der Waals surface area contributed by atoms with Gasteiger partial charge in [0, 0.05) is 24.3 Å². The van der Waals surface area contributed by atoms with Crippen molar-refractivity contribution < 1.29 is 4.79 Å². The van der Waals surface area contributed by atoms with Crippen LogP contribution in [0.5, 0.6) is 0 Å². The van der Waals surface area contributed by atoms with Gasteiger partial charge in [0.1, 0.15) is 5.82 Å². The van der Waals surface area contributed by atoms with E-state index < -0.39 is 0 Å². The third kappa shape index (κ3) is 3.06. The first kappa shape index (κ1) is 13.8. The van der Waals surface area contributed by atoms with Crippen molar-refractivity contribution in [2.75, 3.05) is 12.8 Å². The number of anilines is 1. The molecule has 1 aliphatic rings. The fourth-order valence-corrected chi connectivity index (χ4v) is 2.28. The molecule has 0 radical (unpaired) electrons. The maximum Gasteiger partial charge on any atom is 0.254 e. The third-order valence-corrected chi connectivity index (χ3v) is 3.94. The van der Waals surface area contributed by atoms with Gasteiger partial charge in [-0.15, -0.1) is 0 Å². The van der Waals surface area contributed by atoms with E-state index in [0.29, 0.717) is 23.3 Å². The normalized spacial score (nSPS) is 16.5. The number of aromatic nitrogens is 1. The van der Waals surface area contributed by atoms with Crippen LogP contribution in [0.3, 0.4) is 0 Å². The largest absolute Gasteiger partial charge is 0.384 e. The highest BCUT2D eigenvalue weighted by atomic mass is 16.2. The molecule has 2 rings (SSSR count). The van der Waals surface area contributed by atoms with Crippen LogP contribution in [0, 0.1) is 5.92 Å². The van der Waals surface area contributed by atoms with E-state index in [1.54, 1.807) is 6.07 Å². The monoisotopic (exact) mass is 261 g/mol. The molecule has 1 saturated carbocycles. The standard InChI is InChI=1S/C15H23N3O/c1-9(2)13-7-12(8-14(16)17-13)15(19)18(4)10(3)11-5-6-11/h7-11H,5-6H2,1-4H3,(H2,16,17). The molecule has 4 nitrogen and oxygen atoms in total. The summed E-state index contributed by atoms with van der Waals surface area (Å²) in [7, 11) is 1.87. The minimum Gasteiger partial charge on any atom is -0.384 e. The average Bonchev–Trinajstić information content (AvgIpc) is 3.19. The number of hydrogen-bond acceptors (Lipinski definition) is 3. The number of nitrogen functional groups attached to an aromatic ring is 1. The molecule has 0 spiro atoms. The number of nitrogens with zero attached hydrogens (tertiary/aromatic N) is 2. The van der Waals surface area contributed by atoms with E-state index >= 15 is 0 Å². The molecule has 4 heteroatoms. The van der Waals surface area contributed by atoms with Gasteiger partial charge in [-0.25, -0.2) is 4.98 Å². The Kier molecular flexibility index (Phi) is 3.78. The van der Waals surface area contributed by atoms with Crippen molar-refractivity contribution in [2.45, 2.75) is 45.6 Å². The molecule has 0 saturated heterocycles. The maximum atomic E-state index is 12.5. The van der Waals surface area contributed by atoms with Crippen molar-refractivity contribution in [3.63, 3.8) is 0 Å². The number of amides is 1. The molecule has 1 unspecified atom stereocenters. The second kappa shape index (κ2) is 5.19. The SMILES string of the molecule is CC(C)c1cc(C(=O)N(C)C(C)C2CC2)cc(N)n1. The van der Waals surface area contributed by atoms with E-state index in [1.165, 1.54) is 12.8 Å². The molecule has 1 aliphatic carbocycles. The molecule has 1 atom stereocenters. The summed E-state index contributed by atoms with van der Waals surface area (Å²) in [4.78, 5) is 18.6. The van der Waals surface area contributed by atoms with Gasteiger partial charge >= 0.3 is 0 Å². The molecule has 1 aromatic rings. The van der Waals surface area contributed by atoms with Crippen molar-refractivity contribution in [1.29, 1.82) is 0 Å². The highest BCUT2D eigenvalue weighted by molar-refractivity contribution is 5.95. The molecule has 1 aromatic heterocycles. The second-order valence-electron chi connectivity index (χ2n) is 5.85. The lowest BCUT2D eigenvalue weighted by Crippen LogP contribution is -2.36. The first-order valence-electron chi connectivity index (χ1n) is 6.94. The van der Waals surface area contributed by atoms with E-state index in [2.05, 4.69) is 11.9 Å². The number of carbonyl (C=O) groups excluding carboxylic acids is 1. The van der Waals surface area contributed by atoms with Gasteiger partial charge in [0.15, 0.2) is 0 Å². The summed E-state index contributed by atoms with van der Waals surface area (Å²) in [5.41, 5.74) is 7.32. The predicted octanol–water partition coefficient (Wildman–Crippen LogP) is 2.66. The minimum absolute atomic E-state index is 0.0374. The topological polar surface area (TPSA) is 59.2 Å². The lowest BCUT2D eigenvalue weighted by Gasteiger charge is -2.25. The molecule has 0 aromatic carbocycles. The first-order valence-corrected chi connectivity index (χ1v) is 6.94. The van der Waals surface area contributed by atoms with E-state index in [4.69, 9.17) is 5.73 Å². The Bertz CT molecular complexity index is 480. The van der Waals surface area contributed by atoms with Gasteiger partial charge in [-0.1, -0.05) is 13.8 Å². The Hall–Kier alpha value is -1.58. The van der Waals surface area contributed by atoms with Gasteiger partial charge in [0.05, 0.1) is 0 Å². The maximum absolute atomic E-state index is 12.5. The number of hydrogen-bond donors (Lipinski definition) is 1. The first-order chi connectivity index (χ1) is 8.90. The fraction of sp³-hybridized carbons (Fsp3) is 0.600. The second-order valence-corrected chi connectivity index (χ2v) is 5.85. The zero-order valence-corrected chi connectivity index (χ0v) is 12.2. The zero-order chi connectivity index (χ0) is 14.2. The van der Waals surface area contributed by atoms with Crippen LogP contribution in [0.2, 0.25) is 0 Å². The van der Waals surface area contributed by atoms with Gasteiger partial charge in [-0.3, -0.25) is 4.79 Å². The van der Waals surface area contributed by atoms with Crippen molar-refractivity contribution >= 4 is 11.7 Å². The highest BCUT2D eigenvalue weighted by Crippen LogP contribution is 2.35. The molecule has 2 N–H and O–H groups in total. The summed E-state index contributed by atoms with van der Waals surface area (Å²) in [5.74, 6) is 1.39. The number of nitrogens with two attached hydrogens (primary N) is 1. The molecular formula is C15H23N3O. The summed E-state index contributed by atoms with van der Waals surface area (Å²) in [6, 6.07) is 3.83. The van der Waals surface area contributed by atoms with Crippen LogP contribution in [-0.2, 0) is 0 Å². The molecular weight excluding hydrogens is 238 g/mol. The van der Waals surface area contributed by atoms with Gasteiger partial charge < -0.3 is 10.6 Å². The molecule has 0 aliphatic heterocycles. The van der Waals surface area contributed by atoms with E-state index in [-0.39, 0.29) is 11.8 Å². The number of carbonyl (C=O) groups is 1. The average molecular weight is 261 g/mol. The van der Waals surface area contributed by atoms with Crippen LogP contribution in [0.15, 0.2) is 12.1 Å². The van der Waals surface area contributed by atoms with Gasteiger partial charge in [-0.05, 0) is 43.7 Å². The van der Waals surface area contributed by atoms with Crippen molar-refractivity contribution in [3.8, 4) is 0 Å². The quantitative estimate of drug-likeness (QED) is 0.906. The van der Waals surface area contributed by atoms with Gasteiger partial charge in [-0.2, -0.15) is 0 Å². The molecule has 104 valence electrons. The number of pyridine rings is 1. The summed E-state index contributed by atoms with van der Waals surface area (Å²) in [6.07, 6.45) is 2.46. The van der Waals surface area contributed by atoms with Crippen LogP contribution in [0.25, 0.3) is 0 Å². The Balaban J connectivity index is 2.22. The van der Waals surface area contributed by atoms with Crippen LogP contribution in [-0.4, -0.2) is 28.9 Å². The third-order valence-electron chi connectivity index (χ3n) is 3.94. The molecule has 1 fully saturated rings. The van der Waals surface area contributed by atoms with E-state index in [0.717, 1.165) is 5.69 Å². The summed E-state index contributed by atoms with van der Waals surface area (Å²) < 4.78 is 0. The van der Waals surface area contributed by atoms with Crippen molar-refractivity contribution in [1.82, 2.24) is 9.88 Å². The van der Waals surface area contributed by atoms with Gasteiger partial charge in [0.2, 0.25) is 0 Å². The van der Waals surface area contributed by atoms with Crippen LogP contribution in [0.4, 0.5) is 5.82 Å². The minimum atomic E-state index is 0.0374. The molecule has 0 bridgehead atoms.